The van der Waals surface area contributed by atoms with Crippen LogP contribution >= 0.6 is 0 Å². The molecule has 1 aliphatic heterocycles. The Balaban J connectivity index is 1.39. The zero-order valence-electron chi connectivity index (χ0n) is 21.8. The van der Waals surface area contributed by atoms with Crippen molar-refractivity contribution in [2.45, 2.75) is 82.0 Å². The van der Waals surface area contributed by atoms with E-state index in [9.17, 15) is 0 Å². The van der Waals surface area contributed by atoms with Crippen LogP contribution in [0, 0.1) is 11.8 Å². The Labute approximate surface area is 222 Å². The van der Waals surface area contributed by atoms with E-state index in [-0.39, 0.29) is 12.2 Å². The van der Waals surface area contributed by atoms with Crippen molar-refractivity contribution in [1.29, 1.82) is 0 Å². The second kappa shape index (κ2) is 11.6. The van der Waals surface area contributed by atoms with Crippen molar-refractivity contribution < 1.29 is 14.0 Å². The number of benzene rings is 3. The van der Waals surface area contributed by atoms with E-state index < -0.39 is 12.9 Å². The Kier molecular flexibility index (Phi) is 7.78. The van der Waals surface area contributed by atoms with Crippen LogP contribution in [0.4, 0.5) is 0 Å². The van der Waals surface area contributed by atoms with Gasteiger partial charge in [0.15, 0.2) is 0 Å². The van der Waals surface area contributed by atoms with Crippen molar-refractivity contribution in [3.8, 4) is 0 Å². The summed E-state index contributed by atoms with van der Waals surface area (Å²) in [4.78, 5) is 0. The lowest BCUT2D eigenvalue weighted by molar-refractivity contribution is 0.0324. The fourth-order valence-electron chi connectivity index (χ4n) is 7.05. The maximum Gasteiger partial charge on any atom is 0.641 e. The quantitative estimate of drug-likeness (QED) is 0.247. The van der Waals surface area contributed by atoms with Gasteiger partial charge in [-0.3, -0.25) is 0 Å². The van der Waals surface area contributed by atoms with E-state index in [0.717, 1.165) is 16.7 Å². The maximum absolute atomic E-state index is 7.15. The molecule has 0 radical (unpaired) electrons. The van der Waals surface area contributed by atoms with Gasteiger partial charge in [-0.15, -0.1) is 0 Å². The highest BCUT2D eigenvalue weighted by atomic mass is 16.8. The SMILES string of the molecule is c1ccc(C(OB2O[C@H](C3CCCCC3)[C@@H](C3CCCCC3)O2)(c2ccccc2)c2ccccc2)cc1. The third-order valence-electron chi connectivity index (χ3n) is 8.90. The van der Waals surface area contributed by atoms with Gasteiger partial charge in [0.05, 0.1) is 12.2 Å². The Hall–Kier alpha value is -2.40. The van der Waals surface area contributed by atoms with Gasteiger partial charge in [0.1, 0.15) is 5.60 Å². The summed E-state index contributed by atoms with van der Waals surface area (Å²) in [6.07, 6.45) is 13.1. The first-order chi connectivity index (χ1) is 18.3. The van der Waals surface area contributed by atoms with Crippen LogP contribution in [-0.2, 0) is 19.6 Å². The van der Waals surface area contributed by atoms with Crippen molar-refractivity contribution in [2.75, 3.05) is 0 Å². The highest BCUT2D eigenvalue weighted by Crippen LogP contribution is 2.45. The standard InChI is InChI=1S/C33H39BO3/c1-6-16-26(17-7-1)31-32(27-18-8-2-9-19-27)36-34(35-31)37-33(28-20-10-3-11-21-28,29-22-12-4-13-23-29)30-24-14-5-15-25-30/h3-5,10-15,20-27,31-32H,1-2,6-9,16-19H2/t31-,32-/m1/s1. The Bertz CT molecular complexity index is 972. The molecule has 2 aliphatic carbocycles. The van der Waals surface area contributed by atoms with Crippen molar-refractivity contribution in [3.05, 3.63) is 108 Å². The average molecular weight is 494 g/mol. The van der Waals surface area contributed by atoms with Crippen LogP contribution in [0.2, 0.25) is 0 Å². The minimum absolute atomic E-state index is 0.119. The van der Waals surface area contributed by atoms with E-state index in [1.807, 2.05) is 0 Å². The van der Waals surface area contributed by atoms with Crippen LogP contribution in [0.15, 0.2) is 91.0 Å². The third-order valence-corrected chi connectivity index (χ3v) is 8.90. The van der Waals surface area contributed by atoms with Crippen LogP contribution in [0.5, 0.6) is 0 Å². The van der Waals surface area contributed by atoms with Gasteiger partial charge in [0.25, 0.3) is 0 Å². The Morgan fingerprint density at radius 3 is 1.22 bits per heavy atom. The second-order valence-corrected chi connectivity index (χ2v) is 11.2. The van der Waals surface area contributed by atoms with E-state index in [4.69, 9.17) is 14.0 Å². The zero-order chi connectivity index (χ0) is 24.9. The van der Waals surface area contributed by atoms with E-state index in [2.05, 4.69) is 91.0 Å². The molecule has 1 saturated heterocycles. The molecular weight excluding hydrogens is 455 g/mol. The van der Waals surface area contributed by atoms with Gasteiger partial charge < -0.3 is 14.0 Å². The van der Waals surface area contributed by atoms with Crippen LogP contribution in [0.1, 0.15) is 80.9 Å². The van der Waals surface area contributed by atoms with E-state index in [1.54, 1.807) is 0 Å². The summed E-state index contributed by atoms with van der Waals surface area (Å²) in [7, 11) is -0.709. The fraction of sp³-hybridized carbons (Fsp3) is 0.455. The first-order valence-corrected chi connectivity index (χ1v) is 14.5. The van der Waals surface area contributed by atoms with Crippen LogP contribution < -0.4 is 0 Å². The van der Waals surface area contributed by atoms with Gasteiger partial charge in [0, 0.05) is 0 Å². The predicted octanol–water partition coefficient (Wildman–Crippen LogP) is 7.92. The highest BCUT2D eigenvalue weighted by Gasteiger charge is 2.52. The second-order valence-electron chi connectivity index (χ2n) is 11.2. The molecule has 0 aromatic heterocycles. The summed E-state index contributed by atoms with van der Waals surface area (Å²) >= 11 is 0. The summed E-state index contributed by atoms with van der Waals surface area (Å²) in [5.41, 5.74) is 2.40. The summed E-state index contributed by atoms with van der Waals surface area (Å²) < 4.78 is 20.8. The van der Waals surface area contributed by atoms with Gasteiger partial charge in [-0.1, -0.05) is 130 Å². The van der Waals surface area contributed by atoms with E-state index in [0.29, 0.717) is 11.8 Å². The molecule has 192 valence electrons. The first kappa shape index (κ1) is 24.9. The highest BCUT2D eigenvalue weighted by molar-refractivity contribution is 6.37. The van der Waals surface area contributed by atoms with Crippen LogP contribution in [0.25, 0.3) is 0 Å². The molecule has 37 heavy (non-hydrogen) atoms. The normalized spacial score (nSPS) is 23.8. The van der Waals surface area contributed by atoms with Crippen molar-refractivity contribution >= 4 is 7.32 Å². The topological polar surface area (TPSA) is 27.7 Å². The molecule has 3 aromatic rings. The lowest BCUT2D eigenvalue weighted by Gasteiger charge is -2.37. The number of hydrogen-bond acceptors (Lipinski definition) is 3. The summed E-state index contributed by atoms with van der Waals surface area (Å²) in [6.45, 7) is 0. The molecule has 0 amide bonds. The Morgan fingerprint density at radius 2 is 0.865 bits per heavy atom. The zero-order valence-corrected chi connectivity index (χ0v) is 21.8. The predicted molar refractivity (Wildman–Crippen MR) is 149 cm³/mol. The van der Waals surface area contributed by atoms with Crippen LogP contribution in [0.3, 0.4) is 0 Å². The molecule has 0 unspecified atom stereocenters. The molecule has 0 N–H and O–H groups in total. The third kappa shape index (κ3) is 5.17. The fourth-order valence-corrected chi connectivity index (χ4v) is 7.05. The molecule has 0 bridgehead atoms. The monoisotopic (exact) mass is 494 g/mol. The lowest BCUT2D eigenvalue weighted by atomic mass is 9.77. The molecular formula is C33H39BO3. The van der Waals surface area contributed by atoms with Gasteiger partial charge in [0.2, 0.25) is 0 Å². The van der Waals surface area contributed by atoms with Crippen LogP contribution in [-0.4, -0.2) is 19.5 Å². The van der Waals surface area contributed by atoms with Gasteiger partial charge >= 0.3 is 7.32 Å². The molecule has 2 atom stereocenters. The first-order valence-electron chi connectivity index (χ1n) is 14.5. The van der Waals surface area contributed by atoms with E-state index in [1.165, 1.54) is 64.2 Å². The molecule has 4 heteroatoms. The lowest BCUT2D eigenvalue weighted by Crippen LogP contribution is -2.40. The Morgan fingerprint density at radius 1 is 0.514 bits per heavy atom. The van der Waals surface area contributed by atoms with Crippen molar-refractivity contribution in [1.82, 2.24) is 0 Å². The molecule has 1 heterocycles. The summed E-state index contributed by atoms with van der Waals surface area (Å²) in [6, 6.07) is 31.7. The van der Waals surface area contributed by atoms with Gasteiger partial charge in [-0.05, 0) is 54.2 Å². The minimum Gasteiger partial charge on any atom is -0.380 e. The maximum atomic E-state index is 7.15. The van der Waals surface area contributed by atoms with Gasteiger partial charge in [-0.2, -0.15) is 0 Å². The molecule has 3 aromatic carbocycles. The van der Waals surface area contributed by atoms with Gasteiger partial charge in [-0.25, -0.2) is 0 Å². The molecule has 6 rings (SSSR count). The summed E-state index contributed by atoms with van der Waals surface area (Å²) in [5, 5.41) is 0. The van der Waals surface area contributed by atoms with Crippen molar-refractivity contribution in [3.63, 3.8) is 0 Å². The molecule has 3 aliphatic rings. The molecule has 3 nitrogen and oxygen atoms in total. The smallest absolute Gasteiger partial charge is 0.380 e. The molecule has 2 saturated carbocycles. The molecule has 3 fully saturated rings. The largest absolute Gasteiger partial charge is 0.641 e. The number of rotatable bonds is 7. The molecule has 0 spiro atoms. The number of hydrogen-bond donors (Lipinski definition) is 0. The average Bonchev–Trinajstić information content (AvgIpc) is 3.42. The minimum atomic E-state index is -0.840. The van der Waals surface area contributed by atoms with E-state index >= 15 is 0 Å². The van der Waals surface area contributed by atoms with Crippen molar-refractivity contribution in [2.24, 2.45) is 11.8 Å². The summed E-state index contributed by atoms with van der Waals surface area (Å²) in [5.74, 6) is 1.13.